The highest BCUT2D eigenvalue weighted by Crippen LogP contribution is 2.38. The van der Waals surface area contributed by atoms with Gasteiger partial charge in [0, 0.05) is 18.1 Å². The van der Waals surface area contributed by atoms with Crippen LogP contribution in [0.1, 0.15) is 43.6 Å². The van der Waals surface area contributed by atoms with Crippen LogP contribution in [0.3, 0.4) is 0 Å². The number of anilines is 1. The Hall–Kier alpha value is -1.36. The van der Waals surface area contributed by atoms with Crippen LogP contribution in [0.15, 0.2) is 12.1 Å². The van der Waals surface area contributed by atoms with E-state index in [1.807, 2.05) is 26.8 Å². The molecule has 0 aliphatic heterocycles. The Kier molecular flexibility index (Phi) is 5.34. The van der Waals surface area contributed by atoms with Gasteiger partial charge in [-0.15, -0.1) is 0 Å². The van der Waals surface area contributed by atoms with Crippen LogP contribution in [-0.4, -0.2) is 24.1 Å². The summed E-state index contributed by atoms with van der Waals surface area (Å²) in [6, 6.07) is 3.48. The molecule has 0 spiro atoms. The van der Waals surface area contributed by atoms with Crippen LogP contribution in [0.2, 0.25) is 0 Å². The number of methoxy groups -OCH3 is 1. The standard InChI is InChI=1S/C15H20BrNO3/c1-9(18)17-12-7-10(13(19)8-16)6-11(14(12)20-5)15(2,3)4/h6-7H,8H2,1-5H3,(H,17,18). The van der Waals surface area contributed by atoms with Gasteiger partial charge in [-0.25, -0.2) is 0 Å². The molecule has 0 fully saturated rings. The zero-order valence-corrected chi connectivity index (χ0v) is 14.1. The second kappa shape index (κ2) is 6.39. The van der Waals surface area contributed by atoms with Crippen molar-refractivity contribution in [3.63, 3.8) is 0 Å². The Morgan fingerprint density at radius 3 is 2.30 bits per heavy atom. The molecule has 0 aliphatic rings. The third-order valence-corrected chi connectivity index (χ3v) is 3.36. The molecule has 0 heterocycles. The van der Waals surface area contributed by atoms with E-state index in [0.29, 0.717) is 17.0 Å². The molecule has 1 aromatic carbocycles. The van der Waals surface area contributed by atoms with E-state index in [0.717, 1.165) is 5.56 Å². The minimum absolute atomic E-state index is 0.0373. The second-order valence-corrected chi connectivity index (χ2v) is 6.15. The molecule has 1 amide bonds. The van der Waals surface area contributed by atoms with E-state index < -0.39 is 0 Å². The lowest BCUT2D eigenvalue weighted by atomic mass is 9.84. The molecular formula is C15H20BrNO3. The van der Waals surface area contributed by atoms with Crippen molar-refractivity contribution in [2.24, 2.45) is 0 Å². The predicted molar refractivity (Wildman–Crippen MR) is 84.1 cm³/mol. The number of carbonyl (C=O) groups excluding carboxylic acids is 2. The number of rotatable bonds is 4. The normalized spacial score (nSPS) is 11.1. The average Bonchev–Trinajstić information content (AvgIpc) is 2.35. The van der Waals surface area contributed by atoms with Crippen molar-refractivity contribution in [3.8, 4) is 5.75 Å². The first-order chi connectivity index (χ1) is 9.20. The number of amides is 1. The predicted octanol–water partition coefficient (Wildman–Crippen LogP) is 3.53. The van der Waals surface area contributed by atoms with Gasteiger partial charge in [0.05, 0.1) is 18.1 Å². The van der Waals surface area contributed by atoms with Gasteiger partial charge in [0.25, 0.3) is 0 Å². The zero-order chi connectivity index (χ0) is 15.5. The van der Waals surface area contributed by atoms with Crippen LogP contribution in [0.4, 0.5) is 5.69 Å². The summed E-state index contributed by atoms with van der Waals surface area (Å²) in [6.07, 6.45) is 0. The molecule has 0 saturated carbocycles. The number of hydrogen-bond donors (Lipinski definition) is 1. The van der Waals surface area contributed by atoms with Crippen molar-refractivity contribution < 1.29 is 14.3 Å². The number of nitrogens with one attached hydrogen (secondary N) is 1. The molecule has 1 N–H and O–H groups in total. The van der Waals surface area contributed by atoms with Crippen molar-refractivity contribution in [2.75, 3.05) is 17.8 Å². The fourth-order valence-corrected chi connectivity index (χ4v) is 2.25. The maximum absolute atomic E-state index is 11.9. The molecule has 4 nitrogen and oxygen atoms in total. The van der Waals surface area contributed by atoms with Crippen molar-refractivity contribution in [1.29, 1.82) is 0 Å². The van der Waals surface area contributed by atoms with Crippen molar-refractivity contribution in [3.05, 3.63) is 23.3 Å². The molecule has 0 radical (unpaired) electrons. The van der Waals surface area contributed by atoms with Gasteiger partial charge in [-0.1, -0.05) is 36.7 Å². The van der Waals surface area contributed by atoms with Gasteiger partial charge < -0.3 is 10.1 Å². The number of ether oxygens (including phenoxy) is 1. The first-order valence-corrected chi connectivity index (χ1v) is 7.42. The summed E-state index contributed by atoms with van der Waals surface area (Å²) in [6.45, 7) is 7.52. The summed E-state index contributed by atoms with van der Waals surface area (Å²) in [5.41, 5.74) is 1.75. The lowest BCUT2D eigenvalue weighted by Gasteiger charge is -2.25. The minimum atomic E-state index is -0.207. The minimum Gasteiger partial charge on any atom is -0.494 e. The fourth-order valence-electron chi connectivity index (χ4n) is 1.93. The summed E-state index contributed by atoms with van der Waals surface area (Å²) in [4.78, 5) is 23.3. The molecular weight excluding hydrogens is 322 g/mol. The molecule has 0 aromatic heterocycles. The highest BCUT2D eigenvalue weighted by Gasteiger charge is 2.24. The number of hydrogen-bond acceptors (Lipinski definition) is 3. The highest BCUT2D eigenvalue weighted by atomic mass is 79.9. The van der Waals surface area contributed by atoms with Crippen LogP contribution in [0.25, 0.3) is 0 Å². The van der Waals surface area contributed by atoms with Crippen LogP contribution >= 0.6 is 15.9 Å². The number of halogens is 1. The van der Waals surface area contributed by atoms with E-state index in [4.69, 9.17) is 4.74 Å². The Morgan fingerprint density at radius 1 is 1.30 bits per heavy atom. The van der Waals surface area contributed by atoms with Gasteiger partial charge in [0.1, 0.15) is 5.75 Å². The number of Topliss-reactive ketones (excluding diaryl/α,β-unsaturated/α-hetero) is 1. The summed E-state index contributed by atoms with van der Waals surface area (Å²) in [5.74, 6) is 0.357. The summed E-state index contributed by atoms with van der Waals surface area (Å²) in [7, 11) is 1.56. The Bertz CT molecular complexity index is 533. The van der Waals surface area contributed by atoms with Crippen LogP contribution < -0.4 is 10.1 Å². The summed E-state index contributed by atoms with van der Waals surface area (Å²) >= 11 is 3.17. The Morgan fingerprint density at radius 2 is 1.90 bits per heavy atom. The third-order valence-electron chi connectivity index (χ3n) is 2.86. The number of alkyl halides is 1. The first-order valence-electron chi connectivity index (χ1n) is 6.30. The van der Waals surface area contributed by atoms with E-state index in [2.05, 4.69) is 21.2 Å². The molecule has 1 aromatic rings. The van der Waals surface area contributed by atoms with Gasteiger partial charge in [-0.05, 0) is 17.5 Å². The second-order valence-electron chi connectivity index (χ2n) is 5.59. The zero-order valence-electron chi connectivity index (χ0n) is 12.5. The molecule has 0 unspecified atom stereocenters. The molecule has 5 heteroatoms. The average molecular weight is 342 g/mol. The van der Waals surface area contributed by atoms with Gasteiger partial charge in [-0.2, -0.15) is 0 Å². The molecule has 1 rings (SSSR count). The number of ketones is 1. The maximum atomic E-state index is 11.9. The van der Waals surface area contributed by atoms with E-state index in [-0.39, 0.29) is 22.4 Å². The number of benzene rings is 1. The molecule has 0 aliphatic carbocycles. The van der Waals surface area contributed by atoms with Gasteiger partial charge in [-0.3, -0.25) is 9.59 Å². The van der Waals surface area contributed by atoms with E-state index in [1.54, 1.807) is 13.2 Å². The van der Waals surface area contributed by atoms with Crippen molar-refractivity contribution in [1.82, 2.24) is 0 Å². The molecule has 20 heavy (non-hydrogen) atoms. The molecule has 110 valence electrons. The maximum Gasteiger partial charge on any atom is 0.221 e. The van der Waals surface area contributed by atoms with Crippen LogP contribution in [0.5, 0.6) is 5.75 Å². The summed E-state index contributed by atoms with van der Waals surface area (Å²) < 4.78 is 5.43. The number of carbonyl (C=O) groups is 2. The topological polar surface area (TPSA) is 55.4 Å². The van der Waals surface area contributed by atoms with Gasteiger partial charge >= 0.3 is 0 Å². The fraction of sp³-hybridized carbons (Fsp3) is 0.467. The van der Waals surface area contributed by atoms with Crippen LogP contribution in [0, 0.1) is 0 Å². The van der Waals surface area contributed by atoms with E-state index in [1.165, 1.54) is 6.92 Å². The van der Waals surface area contributed by atoms with Crippen molar-refractivity contribution in [2.45, 2.75) is 33.1 Å². The lowest BCUT2D eigenvalue weighted by molar-refractivity contribution is -0.114. The Balaban J connectivity index is 3.55. The first kappa shape index (κ1) is 16.7. The van der Waals surface area contributed by atoms with E-state index >= 15 is 0 Å². The lowest BCUT2D eigenvalue weighted by Crippen LogP contribution is -2.17. The summed E-state index contributed by atoms with van der Waals surface area (Å²) in [5, 5.41) is 2.96. The van der Waals surface area contributed by atoms with Crippen LogP contribution in [-0.2, 0) is 10.2 Å². The van der Waals surface area contributed by atoms with E-state index in [9.17, 15) is 9.59 Å². The molecule has 0 atom stereocenters. The Labute approximate surface area is 128 Å². The molecule has 0 bridgehead atoms. The largest absolute Gasteiger partial charge is 0.494 e. The third kappa shape index (κ3) is 3.82. The quantitative estimate of drug-likeness (QED) is 0.673. The van der Waals surface area contributed by atoms with Crippen molar-refractivity contribution >= 4 is 33.3 Å². The smallest absolute Gasteiger partial charge is 0.221 e. The monoisotopic (exact) mass is 341 g/mol. The van der Waals surface area contributed by atoms with Gasteiger partial charge in [0.2, 0.25) is 5.91 Å². The molecule has 0 saturated heterocycles. The SMILES string of the molecule is COc1c(NC(C)=O)cc(C(=O)CBr)cc1C(C)(C)C. The highest BCUT2D eigenvalue weighted by molar-refractivity contribution is 9.09. The van der Waals surface area contributed by atoms with Gasteiger partial charge in [0.15, 0.2) is 5.78 Å².